The first kappa shape index (κ1) is 14.5. The number of benzene rings is 1. The Balaban J connectivity index is 2.00. The van der Waals surface area contributed by atoms with Crippen LogP contribution in [0.5, 0.6) is 0 Å². The number of likely N-dealkylation sites (N-methyl/N-ethyl adjacent to an activating group) is 1. The van der Waals surface area contributed by atoms with Crippen LogP contribution in [-0.4, -0.2) is 60.2 Å². The predicted octanol–water partition coefficient (Wildman–Crippen LogP) is -0.359. The van der Waals surface area contributed by atoms with Gasteiger partial charge in [0, 0.05) is 31.2 Å². The van der Waals surface area contributed by atoms with Crippen LogP contribution in [-0.2, 0) is 6.54 Å². The Morgan fingerprint density at radius 3 is 2.68 bits per heavy atom. The summed E-state index contributed by atoms with van der Waals surface area (Å²) in [7, 11) is 2.51. The van der Waals surface area contributed by atoms with Gasteiger partial charge in [0.1, 0.15) is 5.82 Å². The lowest BCUT2D eigenvalue weighted by molar-refractivity contribution is 0.263. The Kier molecular flexibility index (Phi) is 4.57. The van der Waals surface area contributed by atoms with Crippen molar-refractivity contribution in [1.29, 1.82) is 0 Å². The van der Waals surface area contributed by atoms with Gasteiger partial charge >= 0.3 is 7.12 Å². The molecule has 1 atom stereocenters. The summed E-state index contributed by atoms with van der Waals surface area (Å²) >= 11 is 0. The van der Waals surface area contributed by atoms with Crippen molar-refractivity contribution in [3.8, 4) is 0 Å². The minimum atomic E-state index is -1.62. The molecule has 1 saturated heterocycles. The van der Waals surface area contributed by atoms with Crippen LogP contribution in [0, 0.1) is 5.82 Å². The van der Waals surface area contributed by atoms with E-state index >= 15 is 0 Å². The molecule has 104 valence electrons. The maximum Gasteiger partial charge on any atom is 0.488 e. The summed E-state index contributed by atoms with van der Waals surface area (Å²) in [6.07, 6.45) is 1.10. The molecule has 2 N–H and O–H groups in total. The van der Waals surface area contributed by atoms with Gasteiger partial charge in [-0.3, -0.25) is 4.90 Å². The monoisotopic (exact) mass is 266 g/mol. The van der Waals surface area contributed by atoms with Crippen molar-refractivity contribution in [2.45, 2.75) is 19.0 Å². The van der Waals surface area contributed by atoms with Crippen molar-refractivity contribution in [3.63, 3.8) is 0 Å². The van der Waals surface area contributed by atoms with E-state index in [4.69, 9.17) is 10.0 Å². The highest BCUT2D eigenvalue weighted by atomic mass is 19.1. The zero-order chi connectivity index (χ0) is 14.0. The summed E-state index contributed by atoms with van der Waals surface area (Å²) in [6.45, 7) is 2.47. The van der Waals surface area contributed by atoms with Crippen molar-refractivity contribution in [1.82, 2.24) is 9.80 Å². The van der Waals surface area contributed by atoms with E-state index in [1.807, 2.05) is 0 Å². The van der Waals surface area contributed by atoms with Crippen molar-refractivity contribution in [2.75, 3.05) is 27.2 Å². The van der Waals surface area contributed by atoms with Crippen LogP contribution < -0.4 is 5.46 Å². The van der Waals surface area contributed by atoms with Crippen molar-refractivity contribution >= 4 is 12.6 Å². The summed E-state index contributed by atoms with van der Waals surface area (Å²) in [4.78, 5) is 4.42. The topological polar surface area (TPSA) is 46.9 Å². The Labute approximate surface area is 113 Å². The van der Waals surface area contributed by atoms with Gasteiger partial charge in [-0.25, -0.2) is 4.39 Å². The highest BCUT2D eigenvalue weighted by molar-refractivity contribution is 6.58. The Morgan fingerprint density at radius 2 is 2.16 bits per heavy atom. The van der Waals surface area contributed by atoms with E-state index in [2.05, 4.69) is 23.9 Å². The van der Waals surface area contributed by atoms with Crippen LogP contribution in [0.25, 0.3) is 0 Å². The second-order valence-electron chi connectivity index (χ2n) is 5.37. The summed E-state index contributed by atoms with van der Waals surface area (Å²) in [6, 6.07) is 4.91. The van der Waals surface area contributed by atoms with Crippen LogP contribution >= 0.6 is 0 Å². The van der Waals surface area contributed by atoms with E-state index in [-0.39, 0.29) is 11.3 Å². The molecule has 6 heteroatoms. The van der Waals surface area contributed by atoms with E-state index in [9.17, 15) is 4.39 Å². The van der Waals surface area contributed by atoms with Gasteiger partial charge < -0.3 is 14.9 Å². The Hall–Kier alpha value is -0.945. The molecule has 1 aliphatic rings. The van der Waals surface area contributed by atoms with Gasteiger partial charge in [0.25, 0.3) is 0 Å². The quantitative estimate of drug-likeness (QED) is 0.731. The first-order valence-corrected chi connectivity index (χ1v) is 6.50. The second-order valence-corrected chi connectivity index (χ2v) is 5.37. The molecule has 0 bridgehead atoms. The lowest BCUT2D eigenvalue weighted by atomic mass is 9.80. The molecule has 2 rings (SSSR count). The number of hydrogen-bond donors (Lipinski definition) is 2. The number of halogens is 1. The Morgan fingerprint density at radius 1 is 1.42 bits per heavy atom. The van der Waals surface area contributed by atoms with Gasteiger partial charge in [0.05, 0.1) is 0 Å². The molecule has 19 heavy (non-hydrogen) atoms. The maximum atomic E-state index is 13.9. The molecule has 0 amide bonds. The van der Waals surface area contributed by atoms with E-state index in [1.165, 1.54) is 6.07 Å². The third-order valence-electron chi connectivity index (χ3n) is 3.75. The minimum Gasteiger partial charge on any atom is -0.423 e. The third-order valence-corrected chi connectivity index (χ3v) is 3.75. The molecule has 0 radical (unpaired) electrons. The average Bonchev–Trinajstić information content (AvgIpc) is 2.80. The van der Waals surface area contributed by atoms with Gasteiger partial charge in [-0.2, -0.15) is 0 Å². The maximum absolute atomic E-state index is 13.9. The summed E-state index contributed by atoms with van der Waals surface area (Å²) < 4.78 is 13.9. The second kappa shape index (κ2) is 6.01. The molecule has 0 saturated carbocycles. The van der Waals surface area contributed by atoms with Crippen molar-refractivity contribution in [2.24, 2.45) is 0 Å². The van der Waals surface area contributed by atoms with Gasteiger partial charge in [0.2, 0.25) is 0 Å². The molecule has 0 spiro atoms. The largest absolute Gasteiger partial charge is 0.488 e. The molecule has 1 fully saturated rings. The fourth-order valence-corrected chi connectivity index (χ4v) is 2.47. The number of rotatable bonds is 4. The number of likely N-dealkylation sites (tertiary alicyclic amines) is 1. The SMILES string of the molecule is CN(C)C1CCN(Cc2ccc(B(O)O)cc2F)C1. The first-order valence-electron chi connectivity index (χ1n) is 6.50. The highest BCUT2D eigenvalue weighted by Gasteiger charge is 2.24. The van der Waals surface area contributed by atoms with Gasteiger partial charge in [-0.1, -0.05) is 12.1 Å². The molecule has 1 aromatic carbocycles. The predicted molar refractivity (Wildman–Crippen MR) is 73.6 cm³/mol. The fraction of sp³-hybridized carbons (Fsp3) is 0.538. The highest BCUT2D eigenvalue weighted by Crippen LogP contribution is 2.17. The molecular weight excluding hydrogens is 246 g/mol. The Bertz CT molecular complexity index is 443. The molecular formula is C13H20BFN2O2. The molecule has 1 aromatic rings. The van der Waals surface area contributed by atoms with Gasteiger partial charge in [-0.15, -0.1) is 0 Å². The zero-order valence-electron chi connectivity index (χ0n) is 11.4. The molecule has 4 nitrogen and oxygen atoms in total. The first-order chi connectivity index (χ1) is 8.97. The molecule has 1 heterocycles. The van der Waals surface area contributed by atoms with Crippen LogP contribution in [0.15, 0.2) is 18.2 Å². The standard InChI is InChI=1S/C13H20BFN2O2/c1-16(2)12-5-6-17(9-12)8-10-3-4-11(14(18)19)7-13(10)15/h3-4,7,12,18-19H,5-6,8-9H2,1-2H3. The summed E-state index contributed by atoms with van der Waals surface area (Å²) in [5, 5.41) is 18.0. The average molecular weight is 266 g/mol. The van der Waals surface area contributed by atoms with Crippen molar-refractivity contribution < 1.29 is 14.4 Å². The minimum absolute atomic E-state index is 0.189. The smallest absolute Gasteiger partial charge is 0.423 e. The number of nitrogens with zero attached hydrogens (tertiary/aromatic N) is 2. The zero-order valence-corrected chi connectivity index (χ0v) is 11.4. The van der Waals surface area contributed by atoms with Crippen LogP contribution in [0.1, 0.15) is 12.0 Å². The van der Waals surface area contributed by atoms with Gasteiger partial charge in [0.15, 0.2) is 0 Å². The lowest BCUT2D eigenvalue weighted by Crippen LogP contribution is -2.32. The van der Waals surface area contributed by atoms with E-state index < -0.39 is 7.12 Å². The molecule has 0 aliphatic carbocycles. The van der Waals surface area contributed by atoms with Crippen molar-refractivity contribution in [3.05, 3.63) is 29.6 Å². The fourth-order valence-electron chi connectivity index (χ4n) is 2.47. The van der Waals surface area contributed by atoms with E-state index in [1.54, 1.807) is 12.1 Å². The lowest BCUT2D eigenvalue weighted by Gasteiger charge is -2.20. The normalized spacial score (nSPS) is 20.2. The molecule has 1 aliphatic heterocycles. The van der Waals surface area contributed by atoms with Crippen LogP contribution in [0.3, 0.4) is 0 Å². The van der Waals surface area contributed by atoms with Crippen LogP contribution in [0.4, 0.5) is 4.39 Å². The molecule has 0 aromatic heterocycles. The molecule has 1 unspecified atom stereocenters. The van der Waals surface area contributed by atoms with Gasteiger partial charge in [-0.05, 0) is 32.0 Å². The summed E-state index contributed by atoms with van der Waals surface area (Å²) in [5.41, 5.74) is 0.789. The van der Waals surface area contributed by atoms with E-state index in [0.29, 0.717) is 18.2 Å². The van der Waals surface area contributed by atoms with E-state index in [0.717, 1.165) is 19.5 Å². The van der Waals surface area contributed by atoms with Crippen LogP contribution in [0.2, 0.25) is 0 Å². The third kappa shape index (κ3) is 3.54. The summed E-state index contributed by atoms with van der Waals surface area (Å²) in [5.74, 6) is -0.376. The number of hydrogen-bond acceptors (Lipinski definition) is 4.